The SMILES string of the molecule is CCc1ccc(C(=O)Nc2ccc(N3CCCC3)nc2)cc1. The Morgan fingerprint density at radius 3 is 2.45 bits per heavy atom. The molecule has 114 valence electrons. The van der Waals surface area contributed by atoms with Crippen LogP contribution >= 0.6 is 0 Å². The summed E-state index contributed by atoms with van der Waals surface area (Å²) in [4.78, 5) is 18.9. The van der Waals surface area contributed by atoms with E-state index in [0.29, 0.717) is 5.56 Å². The van der Waals surface area contributed by atoms with Gasteiger partial charge in [0.2, 0.25) is 0 Å². The maximum absolute atomic E-state index is 12.2. The molecule has 1 amide bonds. The molecule has 1 N–H and O–H groups in total. The number of carbonyl (C=O) groups excluding carboxylic acids is 1. The van der Waals surface area contributed by atoms with Crippen LogP contribution in [0, 0.1) is 0 Å². The van der Waals surface area contributed by atoms with Gasteiger partial charge in [0.1, 0.15) is 5.82 Å². The predicted molar refractivity (Wildman–Crippen MR) is 89.5 cm³/mol. The van der Waals surface area contributed by atoms with Gasteiger partial charge in [-0.15, -0.1) is 0 Å². The molecule has 0 atom stereocenters. The molecule has 1 aliphatic heterocycles. The predicted octanol–water partition coefficient (Wildman–Crippen LogP) is 3.50. The minimum atomic E-state index is -0.0987. The highest BCUT2D eigenvalue weighted by atomic mass is 16.1. The van der Waals surface area contributed by atoms with E-state index in [1.807, 2.05) is 36.4 Å². The zero-order valence-corrected chi connectivity index (χ0v) is 12.9. The van der Waals surface area contributed by atoms with E-state index < -0.39 is 0 Å². The van der Waals surface area contributed by atoms with E-state index in [-0.39, 0.29) is 5.91 Å². The lowest BCUT2D eigenvalue weighted by atomic mass is 10.1. The molecule has 1 fully saturated rings. The molecule has 0 saturated carbocycles. The first kappa shape index (κ1) is 14.6. The maximum Gasteiger partial charge on any atom is 0.255 e. The smallest absolute Gasteiger partial charge is 0.255 e. The lowest BCUT2D eigenvalue weighted by Crippen LogP contribution is -2.19. The summed E-state index contributed by atoms with van der Waals surface area (Å²) in [5, 5.41) is 2.89. The molecule has 4 nitrogen and oxygen atoms in total. The van der Waals surface area contributed by atoms with Crippen LogP contribution in [0.15, 0.2) is 42.6 Å². The van der Waals surface area contributed by atoms with Crippen LogP contribution < -0.4 is 10.2 Å². The fourth-order valence-electron chi connectivity index (χ4n) is 2.69. The molecule has 4 heteroatoms. The largest absolute Gasteiger partial charge is 0.357 e. The number of nitrogens with zero attached hydrogens (tertiary/aromatic N) is 2. The first-order chi connectivity index (χ1) is 10.8. The van der Waals surface area contributed by atoms with Crippen LogP contribution in [0.5, 0.6) is 0 Å². The summed E-state index contributed by atoms with van der Waals surface area (Å²) in [5.74, 6) is 0.890. The van der Waals surface area contributed by atoms with Crippen LogP contribution in [0.25, 0.3) is 0 Å². The summed E-state index contributed by atoms with van der Waals surface area (Å²) in [5.41, 5.74) is 2.63. The fourth-order valence-corrected chi connectivity index (χ4v) is 2.69. The van der Waals surface area contributed by atoms with Crippen molar-refractivity contribution >= 4 is 17.4 Å². The van der Waals surface area contributed by atoms with Gasteiger partial charge in [-0.3, -0.25) is 4.79 Å². The van der Waals surface area contributed by atoms with Gasteiger partial charge in [-0.25, -0.2) is 4.98 Å². The topological polar surface area (TPSA) is 45.2 Å². The van der Waals surface area contributed by atoms with Gasteiger partial charge in [-0.1, -0.05) is 19.1 Å². The second-order valence-corrected chi connectivity index (χ2v) is 5.60. The third kappa shape index (κ3) is 3.27. The average molecular weight is 295 g/mol. The zero-order chi connectivity index (χ0) is 15.4. The van der Waals surface area contributed by atoms with Crippen molar-refractivity contribution in [3.63, 3.8) is 0 Å². The zero-order valence-electron chi connectivity index (χ0n) is 12.9. The molecular weight excluding hydrogens is 274 g/mol. The van der Waals surface area contributed by atoms with Crippen molar-refractivity contribution in [1.29, 1.82) is 0 Å². The summed E-state index contributed by atoms with van der Waals surface area (Å²) >= 11 is 0. The van der Waals surface area contributed by atoms with Crippen LogP contribution in [0.2, 0.25) is 0 Å². The minimum absolute atomic E-state index is 0.0987. The second-order valence-electron chi connectivity index (χ2n) is 5.60. The maximum atomic E-state index is 12.2. The van der Waals surface area contributed by atoms with E-state index in [2.05, 4.69) is 22.1 Å². The van der Waals surface area contributed by atoms with Gasteiger partial charge in [0, 0.05) is 18.7 Å². The number of aryl methyl sites for hydroxylation is 1. The van der Waals surface area contributed by atoms with Crippen molar-refractivity contribution in [2.75, 3.05) is 23.3 Å². The molecular formula is C18H21N3O. The number of rotatable bonds is 4. The highest BCUT2D eigenvalue weighted by molar-refractivity contribution is 6.04. The monoisotopic (exact) mass is 295 g/mol. The van der Waals surface area contributed by atoms with E-state index in [9.17, 15) is 4.79 Å². The molecule has 0 bridgehead atoms. The van der Waals surface area contributed by atoms with Crippen molar-refractivity contribution in [2.45, 2.75) is 26.2 Å². The third-order valence-corrected chi connectivity index (χ3v) is 4.06. The molecule has 0 spiro atoms. The summed E-state index contributed by atoms with van der Waals surface area (Å²) in [6.45, 7) is 4.24. The van der Waals surface area contributed by atoms with Crippen molar-refractivity contribution < 1.29 is 4.79 Å². The van der Waals surface area contributed by atoms with Crippen LogP contribution in [-0.2, 0) is 6.42 Å². The Labute approximate surface area is 131 Å². The summed E-state index contributed by atoms with van der Waals surface area (Å²) < 4.78 is 0. The van der Waals surface area contributed by atoms with Gasteiger partial charge in [-0.2, -0.15) is 0 Å². The fraction of sp³-hybridized carbons (Fsp3) is 0.333. The number of hydrogen-bond donors (Lipinski definition) is 1. The number of hydrogen-bond acceptors (Lipinski definition) is 3. The van der Waals surface area contributed by atoms with E-state index in [1.54, 1.807) is 6.20 Å². The summed E-state index contributed by atoms with van der Waals surface area (Å²) in [6, 6.07) is 11.6. The quantitative estimate of drug-likeness (QED) is 0.939. The number of nitrogens with one attached hydrogen (secondary N) is 1. The van der Waals surface area contributed by atoms with E-state index in [1.165, 1.54) is 18.4 Å². The summed E-state index contributed by atoms with van der Waals surface area (Å²) in [7, 11) is 0. The van der Waals surface area contributed by atoms with Crippen molar-refractivity contribution in [2.24, 2.45) is 0 Å². The molecule has 0 aliphatic carbocycles. The van der Waals surface area contributed by atoms with Crippen molar-refractivity contribution in [3.8, 4) is 0 Å². The number of carbonyl (C=O) groups is 1. The first-order valence-corrected chi connectivity index (χ1v) is 7.87. The Hall–Kier alpha value is -2.36. The molecule has 1 aliphatic rings. The van der Waals surface area contributed by atoms with Crippen LogP contribution in [0.4, 0.5) is 11.5 Å². The Morgan fingerprint density at radius 1 is 1.14 bits per heavy atom. The number of pyridine rings is 1. The normalized spacial score (nSPS) is 14.1. The first-order valence-electron chi connectivity index (χ1n) is 7.87. The molecule has 2 heterocycles. The third-order valence-electron chi connectivity index (χ3n) is 4.06. The molecule has 0 unspecified atom stereocenters. The van der Waals surface area contributed by atoms with Crippen LogP contribution in [0.1, 0.15) is 35.7 Å². The average Bonchev–Trinajstić information content (AvgIpc) is 3.10. The van der Waals surface area contributed by atoms with Gasteiger partial charge in [0.15, 0.2) is 0 Å². The minimum Gasteiger partial charge on any atom is -0.357 e. The Balaban J connectivity index is 1.65. The van der Waals surface area contributed by atoms with Crippen LogP contribution in [-0.4, -0.2) is 24.0 Å². The summed E-state index contributed by atoms with van der Waals surface area (Å²) in [6.07, 6.45) is 5.16. The molecule has 3 rings (SSSR count). The number of anilines is 2. The van der Waals surface area contributed by atoms with Crippen LogP contribution in [0.3, 0.4) is 0 Å². The molecule has 1 aromatic carbocycles. The van der Waals surface area contributed by atoms with Crippen molar-refractivity contribution in [1.82, 2.24) is 4.98 Å². The number of amides is 1. The van der Waals surface area contributed by atoms with Crippen molar-refractivity contribution in [3.05, 3.63) is 53.7 Å². The lowest BCUT2D eigenvalue weighted by molar-refractivity contribution is 0.102. The lowest BCUT2D eigenvalue weighted by Gasteiger charge is -2.16. The highest BCUT2D eigenvalue weighted by Crippen LogP contribution is 2.19. The molecule has 22 heavy (non-hydrogen) atoms. The van der Waals surface area contributed by atoms with E-state index in [0.717, 1.165) is 31.0 Å². The van der Waals surface area contributed by atoms with Gasteiger partial charge >= 0.3 is 0 Å². The van der Waals surface area contributed by atoms with Gasteiger partial charge < -0.3 is 10.2 Å². The highest BCUT2D eigenvalue weighted by Gasteiger charge is 2.13. The van der Waals surface area contributed by atoms with Gasteiger partial charge in [-0.05, 0) is 49.1 Å². The van der Waals surface area contributed by atoms with Gasteiger partial charge in [0.25, 0.3) is 5.91 Å². The van der Waals surface area contributed by atoms with E-state index >= 15 is 0 Å². The molecule has 1 aromatic heterocycles. The Morgan fingerprint density at radius 2 is 1.86 bits per heavy atom. The van der Waals surface area contributed by atoms with Gasteiger partial charge in [0.05, 0.1) is 11.9 Å². The number of aromatic nitrogens is 1. The van der Waals surface area contributed by atoms with E-state index in [4.69, 9.17) is 0 Å². The number of benzene rings is 1. The standard InChI is InChI=1S/C18H21N3O/c1-2-14-5-7-15(8-6-14)18(22)20-16-9-10-17(19-13-16)21-11-3-4-12-21/h5-10,13H,2-4,11-12H2,1H3,(H,20,22). The second kappa shape index (κ2) is 6.60. The molecule has 2 aromatic rings. The Kier molecular flexibility index (Phi) is 4.37. The molecule has 1 saturated heterocycles. The Bertz CT molecular complexity index is 628. The molecule has 0 radical (unpaired) electrons.